The minimum absolute atomic E-state index is 0.431. The van der Waals surface area contributed by atoms with Gasteiger partial charge in [0.1, 0.15) is 0 Å². The molecule has 1 heteroatoms. The molecule has 1 nitrogen and oxygen atoms in total. The average Bonchev–Trinajstić information content (AvgIpc) is 1.97. The third-order valence-electron chi connectivity index (χ3n) is 2.71. The molecule has 0 atom stereocenters. The van der Waals surface area contributed by atoms with E-state index in [0.29, 0.717) is 10.8 Å². The molecule has 0 bridgehead atoms. The molecule has 16 heavy (non-hydrogen) atoms. The van der Waals surface area contributed by atoms with Crippen molar-refractivity contribution < 1.29 is 0 Å². The third kappa shape index (κ3) is 12.0. The highest BCUT2D eigenvalue weighted by Gasteiger charge is 2.13. The largest absolute Gasteiger partial charge is 0.306 e. The van der Waals surface area contributed by atoms with Crippen LogP contribution in [0.15, 0.2) is 0 Å². The molecule has 0 aliphatic heterocycles. The van der Waals surface area contributed by atoms with Crippen molar-refractivity contribution in [3.8, 4) is 0 Å². The molecule has 0 radical (unpaired) electrons. The third-order valence-corrected chi connectivity index (χ3v) is 2.71. The van der Waals surface area contributed by atoms with Crippen molar-refractivity contribution in [3.05, 3.63) is 0 Å². The van der Waals surface area contributed by atoms with Crippen LogP contribution in [0.5, 0.6) is 0 Å². The van der Waals surface area contributed by atoms with Gasteiger partial charge in [0.15, 0.2) is 0 Å². The Morgan fingerprint density at radius 3 is 1.75 bits per heavy atom. The van der Waals surface area contributed by atoms with E-state index in [0.717, 1.165) is 0 Å². The van der Waals surface area contributed by atoms with Crippen molar-refractivity contribution in [2.75, 3.05) is 20.1 Å². The van der Waals surface area contributed by atoms with Crippen LogP contribution in [0.1, 0.15) is 67.2 Å². The number of hydrogen-bond acceptors (Lipinski definition) is 1. The molecule has 98 valence electrons. The molecule has 0 rings (SSSR count). The lowest BCUT2D eigenvalue weighted by atomic mass is 9.89. The van der Waals surface area contributed by atoms with Gasteiger partial charge in [-0.05, 0) is 37.3 Å². The standard InChI is InChI=1S/C15H33N/c1-14(2,3)11-9-8-10-12-16(7)13-15(4,5)6/h8-13H2,1-7H3. The van der Waals surface area contributed by atoms with Crippen LogP contribution in [-0.4, -0.2) is 25.0 Å². The minimum atomic E-state index is 0.431. The minimum Gasteiger partial charge on any atom is -0.306 e. The van der Waals surface area contributed by atoms with E-state index in [1.165, 1.54) is 38.8 Å². The summed E-state index contributed by atoms with van der Waals surface area (Å²) in [5.74, 6) is 0. The zero-order valence-electron chi connectivity index (χ0n) is 12.7. The van der Waals surface area contributed by atoms with E-state index in [-0.39, 0.29) is 0 Å². The van der Waals surface area contributed by atoms with Crippen LogP contribution in [0.25, 0.3) is 0 Å². The second kappa shape index (κ2) is 6.64. The maximum Gasteiger partial charge on any atom is 0.00270 e. The van der Waals surface area contributed by atoms with Crippen molar-refractivity contribution in [2.45, 2.75) is 67.2 Å². The molecule has 0 saturated heterocycles. The van der Waals surface area contributed by atoms with Crippen LogP contribution in [-0.2, 0) is 0 Å². The highest BCUT2D eigenvalue weighted by Crippen LogP contribution is 2.22. The molecule has 0 aliphatic carbocycles. The Labute approximate surface area is 104 Å². The van der Waals surface area contributed by atoms with Gasteiger partial charge < -0.3 is 4.90 Å². The molecule has 0 spiro atoms. The zero-order chi connectivity index (χ0) is 12.8. The second-order valence-electron chi connectivity index (χ2n) is 7.67. The first-order valence-electron chi connectivity index (χ1n) is 6.79. The Hall–Kier alpha value is -0.0400. The first kappa shape index (κ1) is 16.0. The molecule has 0 aromatic carbocycles. The summed E-state index contributed by atoms with van der Waals surface area (Å²) in [7, 11) is 2.25. The summed E-state index contributed by atoms with van der Waals surface area (Å²) in [5.41, 5.74) is 0.942. The van der Waals surface area contributed by atoms with Crippen LogP contribution >= 0.6 is 0 Å². The van der Waals surface area contributed by atoms with E-state index in [4.69, 9.17) is 0 Å². The highest BCUT2D eigenvalue weighted by atomic mass is 15.1. The fourth-order valence-electron chi connectivity index (χ4n) is 2.10. The summed E-state index contributed by atoms with van der Waals surface area (Å²) in [5, 5.41) is 0. The molecule has 0 aromatic heterocycles. The van der Waals surface area contributed by atoms with Gasteiger partial charge in [0.2, 0.25) is 0 Å². The van der Waals surface area contributed by atoms with Gasteiger partial charge in [0.25, 0.3) is 0 Å². The Morgan fingerprint density at radius 2 is 1.31 bits per heavy atom. The molecule has 0 amide bonds. The average molecular weight is 227 g/mol. The van der Waals surface area contributed by atoms with E-state index in [9.17, 15) is 0 Å². The Kier molecular flexibility index (Phi) is 6.62. The zero-order valence-corrected chi connectivity index (χ0v) is 12.7. The lowest BCUT2D eigenvalue weighted by molar-refractivity contribution is 0.222. The van der Waals surface area contributed by atoms with Gasteiger partial charge in [-0.2, -0.15) is 0 Å². The topological polar surface area (TPSA) is 3.24 Å². The SMILES string of the molecule is CN(CCCCCC(C)(C)C)CC(C)(C)C. The summed E-state index contributed by atoms with van der Waals surface area (Å²) in [6, 6.07) is 0. The number of nitrogens with zero attached hydrogens (tertiary/aromatic N) is 1. The number of unbranched alkanes of at least 4 members (excludes halogenated alkanes) is 2. The fourth-order valence-corrected chi connectivity index (χ4v) is 2.10. The molecule has 0 unspecified atom stereocenters. The predicted octanol–water partition coefficient (Wildman–Crippen LogP) is 4.57. The molecule has 0 fully saturated rings. The molecular formula is C15H33N. The van der Waals surface area contributed by atoms with E-state index in [1.54, 1.807) is 0 Å². The van der Waals surface area contributed by atoms with Gasteiger partial charge >= 0.3 is 0 Å². The fraction of sp³-hybridized carbons (Fsp3) is 1.00. The van der Waals surface area contributed by atoms with Gasteiger partial charge in [0, 0.05) is 6.54 Å². The Bertz CT molecular complexity index is 171. The van der Waals surface area contributed by atoms with E-state index >= 15 is 0 Å². The first-order valence-corrected chi connectivity index (χ1v) is 6.79. The molecular weight excluding hydrogens is 194 g/mol. The number of hydrogen-bond donors (Lipinski definition) is 0. The monoisotopic (exact) mass is 227 g/mol. The van der Waals surface area contributed by atoms with E-state index < -0.39 is 0 Å². The Balaban J connectivity index is 3.45. The maximum absolute atomic E-state index is 2.47. The lowest BCUT2D eigenvalue weighted by Crippen LogP contribution is -2.30. The van der Waals surface area contributed by atoms with Crippen LogP contribution in [0.4, 0.5) is 0 Å². The lowest BCUT2D eigenvalue weighted by Gasteiger charge is -2.26. The molecule has 0 N–H and O–H groups in total. The molecule has 0 saturated carbocycles. The van der Waals surface area contributed by atoms with Crippen LogP contribution < -0.4 is 0 Å². The van der Waals surface area contributed by atoms with Gasteiger partial charge in [-0.3, -0.25) is 0 Å². The number of rotatable bonds is 6. The quantitative estimate of drug-likeness (QED) is 0.601. The predicted molar refractivity (Wildman–Crippen MR) is 74.9 cm³/mol. The summed E-state index contributed by atoms with van der Waals surface area (Å²) in [6.45, 7) is 16.4. The summed E-state index contributed by atoms with van der Waals surface area (Å²) >= 11 is 0. The van der Waals surface area contributed by atoms with Gasteiger partial charge in [-0.15, -0.1) is 0 Å². The van der Waals surface area contributed by atoms with Gasteiger partial charge in [0.05, 0.1) is 0 Å². The van der Waals surface area contributed by atoms with Gasteiger partial charge in [-0.25, -0.2) is 0 Å². The smallest absolute Gasteiger partial charge is 0.00270 e. The van der Waals surface area contributed by atoms with Crippen molar-refractivity contribution >= 4 is 0 Å². The molecule has 0 aliphatic rings. The highest BCUT2D eigenvalue weighted by molar-refractivity contribution is 4.67. The van der Waals surface area contributed by atoms with Crippen molar-refractivity contribution in [2.24, 2.45) is 10.8 Å². The summed E-state index contributed by atoms with van der Waals surface area (Å²) in [4.78, 5) is 2.47. The van der Waals surface area contributed by atoms with Crippen molar-refractivity contribution in [1.82, 2.24) is 4.90 Å². The van der Waals surface area contributed by atoms with Crippen LogP contribution in [0.2, 0.25) is 0 Å². The molecule has 0 aromatic rings. The normalized spacial score (nSPS) is 13.5. The van der Waals surface area contributed by atoms with E-state index in [2.05, 4.69) is 53.5 Å². The maximum atomic E-state index is 2.47. The first-order chi connectivity index (χ1) is 7.10. The van der Waals surface area contributed by atoms with E-state index in [1.807, 2.05) is 0 Å². The van der Waals surface area contributed by atoms with Crippen molar-refractivity contribution in [1.29, 1.82) is 0 Å². The summed E-state index contributed by atoms with van der Waals surface area (Å²) in [6.07, 6.45) is 5.47. The van der Waals surface area contributed by atoms with Crippen LogP contribution in [0.3, 0.4) is 0 Å². The van der Waals surface area contributed by atoms with Crippen LogP contribution in [0, 0.1) is 10.8 Å². The summed E-state index contributed by atoms with van der Waals surface area (Å²) < 4.78 is 0. The van der Waals surface area contributed by atoms with Gasteiger partial charge in [-0.1, -0.05) is 54.4 Å². The van der Waals surface area contributed by atoms with Crippen molar-refractivity contribution in [3.63, 3.8) is 0 Å². The second-order valence-corrected chi connectivity index (χ2v) is 7.67. The Morgan fingerprint density at radius 1 is 0.750 bits per heavy atom. The molecule has 0 heterocycles.